The van der Waals surface area contributed by atoms with E-state index >= 15 is 0 Å². The van der Waals surface area contributed by atoms with Gasteiger partial charge in [-0.25, -0.2) is 4.98 Å². The fraction of sp³-hybridized carbons (Fsp3) is 0.240. The molecule has 2 aromatic heterocycles. The number of hydrogen-bond donors (Lipinski definition) is 3. The maximum absolute atomic E-state index is 6.07. The number of anilines is 4. The Morgan fingerprint density at radius 2 is 1.70 bits per heavy atom. The zero-order valence-electron chi connectivity index (χ0n) is 18.7. The van der Waals surface area contributed by atoms with E-state index in [1.807, 2.05) is 61.5 Å². The highest BCUT2D eigenvalue weighted by Gasteiger charge is 2.04. The molecular weight excluding hydrogens is 436 g/mol. The summed E-state index contributed by atoms with van der Waals surface area (Å²) >= 11 is 6.07. The van der Waals surface area contributed by atoms with Crippen LogP contribution in [-0.4, -0.2) is 35.2 Å². The molecule has 2 aromatic carbocycles. The van der Waals surface area contributed by atoms with E-state index < -0.39 is 0 Å². The monoisotopic (exact) mass is 462 g/mol. The minimum absolute atomic E-state index is 0.621. The van der Waals surface area contributed by atoms with Crippen LogP contribution in [0.4, 0.5) is 23.1 Å². The molecule has 0 aliphatic heterocycles. The lowest BCUT2D eigenvalue weighted by molar-refractivity contribution is 0.415. The summed E-state index contributed by atoms with van der Waals surface area (Å²) in [5.41, 5.74) is 3.80. The number of pyridine rings is 1. The molecule has 0 saturated heterocycles. The molecule has 4 rings (SSSR count). The first-order valence-electron chi connectivity index (χ1n) is 10.9. The Balaban J connectivity index is 1.25. The van der Waals surface area contributed by atoms with Gasteiger partial charge >= 0.3 is 0 Å². The molecule has 8 heteroatoms. The van der Waals surface area contributed by atoms with Crippen molar-refractivity contribution < 1.29 is 4.74 Å². The molecule has 0 unspecified atom stereocenters. The van der Waals surface area contributed by atoms with Crippen LogP contribution in [0, 0.1) is 6.92 Å². The summed E-state index contributed by atoms with van der Waals surface area (Å²) in [6, 6.07) is 17.4. The van der Waals surface area contributed by atoms with Gasteiger partial charge in [-0.15, -0.1) is 0 Å². The summed E-state index contributed by atoms with van der Waals surface area (Å²) in [6.45, 7) is 3.62. The van der Waals surface area contributed by atoms with Crippen molar-refractivity contribution in [3.8, 4) is 5.75 Å². The van der Waals surface area contributed by atoms with E-state index in [1.165, 1.54) is 0 Å². The first-order valence-corrected chi connectivity index (χ1v) is 11.3. The van der Waals surface area contributed by atoms with E-state index in [4.69, 9.17) is 16.3 Å². The third-order valence-electron chi connectivity index (χ3n) is 5.12. The van der Waals surface area contributed by atoms with Crippen LogP contribution in [0.2, 0.25) is 5.02 Å². The first-order chi connectivity index (χ1) is 16.1. The second kappa shape index (κ2) is 10.8. The van der Waals surface area contributed by atoms with E-state index in [0.717, 1.165) is 65.5 Å². The maximum Gasteiger partial charge on any atom is 0.224 e. The van der Waals surface area contributed by atoms with Gasteiger partial charge in [-0.3, -0.25) is 4.98 Å². The molecule has 7 nitrogen and oxygen atoms in total. The minimum atomic E-state index is 0.621. The lowest BCUT2D eigenvalue weighted by Gasteiger charge is -2.11. The van der Waals surface area contributed by atoms with Gasteiger partial charge in [0.05, 0.1) is 12.6 Å². The third kappa shape index (κ3) is 6.23. The molecule has 0 atom stereocenters. The highest BCUT2D eigenvalue weighted by Crippen LogP contribution is 2.24. The zero-order chi connectivity index (χ0) is 23.0. The number of unbranched alkanes of at least 4 members (excludes halogenated alkanes) is 1. The fourth-order valence-electron chi connectivity index (χ4n) is 3.48. The van der Waals surface area contributed by atoms with Crippen LogP contribution in [0.1, 0.15) is 18.5 Å². The van der Waals surface area contributed by atoms with Gasteiger partial charge in [0.1, 0.15) is 11.6 Å². The van der Waals surface area contributed by atoms with Crippen molar-refractivity contribution in [3.05, 3.63) is 71.5 Å². The Labute approximate surface area is 198 Å². The largest absolute Gasteiger partial charge is 0.497 e. The highest BCUT2D eigenvalue weighted by molar-refractivity contribution is 6.31. The van der Waals surface area contributed by atoms with Crippen LogP contribution in [0.3, 0.4) is 0 Å². The summed E-state index contributed by atoms with van der Waals surface area (Å²) < 4.78 is 5.20. The minimum Gasteiger partial charge on any atom is -0.497 e. The lowest BCUT2D eigenvalue weighted by Crippen LogP contribution is -2.10. The van der Waals surface area contributed by atoms with Gasteiger partial charge in [-0.2, -0.15) is 4.98 Å². The Morgan fingerprint density at radius 3 is 2.48 bits per heavy atom. The van der Waals surface area contributed by atoms with Crippen LogP contribution < -0.4 is 20.7 Å². The number of hydrogen-bond acceptors (Lipinski definition) is 7. The quantitative estimate of drug-likeness (QED) is 0.247. The molecule has 0 fully saturated rings. The predicted molar refractivity (Wildman–Crippen MR) is 136 cm³/mol. The van der Waals surface area contributed by atoms with Crippen molar-refractivity contribution in [2.45, 2.75) is 19.8 Å². The summed E-state index contributed by atoms with van der Waals surface area (Å²) in [5, 5.41) is 11.9. The number of benzene rings is 2. The van der Waals surface area contributed by atoms with Crippen molar-refractivity contribution in [1.29, 1.82) is 0 Å². The molecule has 0 aliphatic rings. The number of aryl methyl sites for hydroxylation is 1. The second-order valence-electron chi connectivity index (χ2n) is 7.65. The van der Waals surface area contributed by atoms with Crippen molar-refractivity contribution in [3.63, 3.8) is 0 Å². The molecule has 0 bridgehead atoms. The molecule has 0 saturated carbocycles. The van der Waals surface area contributed by atoms with Crippen molar-refractivity contribution >= 4 is 45.6 Å². The molecule has 33 heavy (non-hydrogen) atoms. The smallest absolute Gasteiger partial charge is 0.224 e. The summed E-state index contributed by atoms with van der Waals surface area (Å²) in [5.74, 6) is 2.19. The van der Waals surface area contributed by atoms with Crippen LogP contribution in [0.25, 0.3) is 10.9 Å². The van der Waals surface area contributed by atoms with Crippen LogP contribution >= 0.6 is 11.6 Å². The molecule has 3 N–H and O–H groups in total. The zero-order valence-corrected chi connectivity index (χ0v) is 19.5. The summed E-state index contributed by atoms with van der Waals surface area (Å²) in [7, 11) is 1.65. The van der Waals surface area contributed by atoms with Crippen LogP contribution in [-0.2, 0) is 0 Å². The molecule has 0 radical (unpaired) electrons. The molecule has 170 valence electrons. The molecule has 0 spiro atoms. The van der Waals surface area contributed by atoms with Crippen LogP contribution in [0.5, 0.6) is 5.75 Å². The number of methoxy groups -OCH3 is 1. The normalized spacial score (nSPS) is 10.8. The molecule has 0 amide bonds. The topological polar surface area (TPSA) is 84.0 Å². The van der Waals surface area contributed by atoms with E-state index in [-0.39, 0.29) is 0 Å². The van der Waals surface area contributed by atoms with Gasteiger partial charge in [-0.05, 0) is 68.3 Å². The number of halogens is 1. The average Bonchev–Trinajstić information content (AvgIpc) is 2.81. The SMILES string of the molecule is COc1ccc(Nc2cc(C)nc(NCCCCNc3ccnc4cc(Cl)ccc34)n2)cc1. The van der Waals surface area contributed by atoms with E-state index in [1.54, 1.807) is 13.3 Å². The summed E-state index contributed by atoms with van der Waals surface area (Å²) in [4.78, 5) is 13.5. The summed E-state index contributed by atoms with van der Waals surface area (Å²) in [6.07, 6.45) is 3.79. The number of nitrogens with zero attached hydrogens (tertiary/aromatic N) is 3. The number of nitrogens with one attached hydrogen (secondary N) is 3. The standard InChI is InChI=1S/C25H27ClN6O/c1-17-15-24(31-19-6-8-20(33-2)9-7-19)32-25(30-17)29-13-4-3-12-27-22-11-14-28-23-16-18(26)5-10-21(22)23/h5-11,14-16H,3-4,12-13H2,1-2H3,(H,27,28)(H2,29,30,31,32). The molecule has 4 aromatic rings. The predicted octanol–water partition coefficient (Wildman–Crippen LogP) is 6.04. The van der Waals surface area contributed by atoms with Gasteiger partial charge in [0.2, 0.25) is 5.95 Å². The Kier molecular flexibility index (Phi) is 7.42. The van der Waals surface area contributed by atoms with Crippen molar-refractivity contribution in [2.75, 3.05) is 36.1 Å². The van der Waals surface area contributed by atoms with Crippen molar-refractivity contribution in [2.24, 2.45) is 0 Å². The van der Waals surface area contributed by atoms with E-state index in [9.17, 15) is 0 Å². The molecule has 0 aliphatic carbocycles. The Bertz CT molecular complexity index is 1220. The van der Waals surface area contributed by atoms with Crippen LogP contribution in [0.15, 0.2) is 60.8 Å². The first kappa shape index (κ1) is 22.6. The van der Waals surface area contributed by atoms with E-state index in [2.05, 4.69) is 30.9 Å². The van der Waals surface area contributed by atoms with Crippen molar-refractivity contribution in [1.82, 2.24) is 15.0 Å². The molecule has 2 heterocycles. The Hall–Kier alpha value is -3.58. The number of aromatic nitrogens is 3. The van der Waals surface area contributed by atoms with Gasteiger partial charge in [-0.1, -0.05) is 11.6 Å². The number of ether oxygens (including phenoxy) is 1. The number of fused-ring (bicyclic) bond motifs is 1. The third-order valence-corrected chi connectivity index (χ3v) is 5.36. The number of rotatable bonds is 10. The van der Waals surface area contributed by atoms with Gasteiger partial charge in [0.15, 0.2) is 0 Å². The van der Waals surface area contributed by atoms with Gasteiger partial charge in [0.25, 0.3) is 0 Å². The maximum atomic E-state index is 6.07. The lowest BCUT2D eigenvalue weighted by atomic mass is 10.2. The Morgan fingerprint density at radius 1 is 0.909 bits per heavy atom. The highest BCUT2D eigenvalue weighted by atomic mass is 35.5. The van der Waals surface area contributed by atoms with Gasteiger partial charge in [0, 0.05) is 52.8 Å². The molecular formula is C25H27ClN6O. The van der Waals surface area contributed by atoms with E-state index in [0.29, 0.717) is 11.0 Å². The fourth-order valence-corrected chi connectivity index (χ4v) is 3.65. The van der Waals surface area contributed by atoms with Gasteiger partial charge < -0.3 is 20.7 Å². The average molecular weight is 463 g/mol. The second-order valence-corrected chi connectivity index (χ2v) is 8.09.